The fraction of sp³-hybridized carbons (Fsp3) is 0.917. The molecule has 0 radical (unpaired) electrons. The normalized spacial score (nSPS) is 29.6. The Balaban J connectivity index is 2.41. The van der Waals surface area contributed by atoms with Crippen molar-refractivity contribution in [3.05, 3.63) is 0 Å². The zero-order valence-corrected chi connectivity index (χ0v) is 9.79. The lowest BCUT2D eigenvalue weighted by Gasteiger charge is -2.27. The van der Waals surface area contributed by atoms with Gasteiger partial charge in [0.2, 0.25) is 0 Å². The summed E-state index contributed by atoms with van der Waals surface area (Å²) in [6.45, 7) is 6.46. The maximum atomic E-state index is 5.99. The zero-order chi connectivity index (χ0) is 10.6. The van der Waals surface area contributed by atoms with Gasteiger partial charge in [0.1, 0.15) is 0 Å². The predicted molar refractivity (Wildman–Crippen MR) is 62.5 cm³/mol. The molecule has 0 atom stereocenters. The van der Waals surface area contributed by atoms with E-state index >= 15 is 0 Å². The van der Waals surface area contributed by atoms with Gasteiger partial charge in [0.15, 0.2) is 0 Å². The van der Waals surface area contributed by atoms with Gasteiger partial charge in [0.25, 0.3) is 0 Å². The predicted octanol–water partition coefficient (Wildman–Crippen LogP) is 2.97. The van der Waals surface area contributed by atoms with Gasteiger partial charge in [-0.25, -0.2) is 0 Å². The molecule has 1 rings (SSSR count). The van der Waals surface area contributed by atoms with Crippen molar-refractivity contribution in [2.24, 2.45) is 22.6 Å². The standard InChI is InChI=1S/C12H24N2/c1-4-10-5-7-11(8-6-10)12(13)14-9(2)3/h9-11H,4-8H2,1-3H3,(H2,13,14). The van der Waals surface area contributed by atoms with Crippen LogP contribution in [0.4, 0.5) is 0 Å². The second-order valence-electron chi connectivity index (χ2n) is 4.77. The van der Waals surface area contributed by atoms with Crippen LogP contribution in [0.25, 0.3) is 0 Å². The molecule has 82 valence electrons. The Kier molecular flexibility index (Phi) is 4.43. The molecule has 0 bridgehead atoms. The van der Waals surface area contributed by atoms with E-state index in [1.807, 2.05) is 0 Å². The molecule has 0 saturated heterocycles. The van der Waals surface area contributed by atoms with Crippen LogP contribution in [0.5, 0.6) is 0 Å². The van der Waals surface area contributed by atoms with E-state index in [4.69, 9.17) is 5.73 Å². The molecule has 0 aromatic heterocycles. The average molecular weight is 196 g/mol. The van der Waals surface area contributed by atoms with Gasteiger partial charge in [0.05, 0.1) is 5.84 Å². The molecule has 0 heterocycles. The third kappa shape index (κ3) is 3.32. The summed E-state index contributed by atoms with van der Waals surface area (Å²) in [6, 6.07) is 0.346. The number of hydrogen-bond donors (Lipinski definition) is 1. The highest BCUT2D eigenvalue weighted by atomic mass is 14.9. The smallest absolute Gasteiger partial charge is 0.0971 e. The van der Waals surface area contributed by atoms with Crippen LogP contribution in [0, 0.1) is 11.8 Å². The highest BCUT2D eigenvalue weighted by Crippen LogP contribution is 2.30. The summed E-state index contributed by atoms with van der Waals surface area (Å²) in [6.07, 6.45) is 6.51. The number of nitrogens with zero attached hydrogens (tertiary/aromatic N) is 1. The van der Waals surface area contributed by atoms with Gasteiger partial charge in [-0.1, -0.05) is 13.3 Å². The van der Waals surface area contributed by atoms with Crippen molar-refractivity contribution < 1.29 is 0 Å². The zero-order valence-electron chi connectivity index (χ0n) is 9.79. The summed E-state index contributed by atoms with van der Waals surface area (Å²) >= 11 is 0. The third-order valence-electron chi connectivity index (χ3n) is 3.25. The van der Waals surface area contributed by atoms with Gasteiger partial charge in [-0.15, -0.1) is 0 Å². The second kappa shape index (κ2) is 5.38. The van der Waals surface area contributed by atoms with Crippen molar-refractivity contribution in [3.63, 3.8) is 0 Å². The van der Waals surface area contributed by atoms with Crippen LogP contribution >= 0.6 is 0 Å². The van der Waals surface area contributed by atoms with Gasteiger partial charge in [-0.3, -0.25) is 4.99 Å². The maximum absolute atomic E-state index is 5.99. The molecule has 14 heavy (non-hydrogen) atoms. The minimum absolute atomic E-state index is 0.346. The van der Waals surface area contributed by atoms with Crippen molar-refractivity contribution in [1.29, 1.82) is 0 Å². The van der Waals surface area contributed by atoms with Crippen LogP contribution in [-0.4, -0.2) is 11.9 Å². The van der Waals surface area contributed by atoms with E-state index in [0.717, 1.165) is 11.8 Å². The lowest BCUT2D eigenvalue weighted by molar-refractivity contribution is 0.313. The number of hydrogen-bond acceptors (Lipinski definition) is 1. The van der Waals surface area contributed by atoms with E-state index < -0.39 is 0 Å². The van der Waals surface area contributed by atoms with Gasteiger partial charge in [-0.2, -0.15) is 0 Å². The molecule has 0 amide bonds. The Morgan fingerprint density at radius 1 is 1.29 bits per heavy atom. The van der Waals surface area contributed by atoms with Crippen LogP contribution in [-0.2, 0) is 0 Å². The van der Waals surface area contributed by atoms with Crippen molar-refractivity contribution >= 4 is 5.84 Å². The van der Waals surface area contributed by atoms with Gasteiger partial charge < -0.3 is 5.73 Å². The SMILES string of the molecule is CCC1CCC(C(N)=NC(C)C)CC1. The molecule has 1 aliphatic rings. The minimum Gasteiger partial charge on any atom is -0.387 e. The monoisotopic (exact) mass is 196 g/mol. The highest BCUT2D eigenvalue weighted by Gasteiger charge is 2.22. The van der Waals surface area contributed by atoms with Crippen molar-refractivity contribution in [2.45, 2.75) is 58.9 Å². The minimum atomic E-state index is 0.346. The van der Waals surface area contributed by atoms with Gasteiger partial charge >= 0.3 is 0 Å². The van der Waals surface area contributed by atoms with Crippen LogP contribution in [0.15, 0.2) is 4.99 Å². The molecule has 0 aromatic rings. The summed E-state index contributed by atoms with van der Waals surface area (Å²) < 4.78 is 0. The van der Waals surface area contributed by atoms with E-state index in [9.17, 15) is 0 Å². The fourth-order valence-electron chi connectivity index (χ4n) is 2.27. The Morgan fingerprint density at radius 2 is 1.86 bits per heavy atom. The molecule has 1 saturated carbocycles. The first-order valence-electron chi connectivity index (χ1n) is 5.96. The van der Waals surface area contributed by atoms with Crippen LogP contribution < -0.4 is 5.73 Å². The lowest BCUT2D eigenvalue weighted by Crippen LogP contribution is -2.28. The van der Waals surface area contributed by atoms with Crippen molar-refractivity contribution in [1.82, 2.24) is 0 Å². The largest absolute Gasteiger partial charge is 0.387 e. The fourth-order valence-corrected chi connectivity index (χ4v) is 2.27. The average Bonchev–Trinajstić information content (AvgIpc) is 2.17. The summed E-state index contributed by atoms with van der Waals surface area (Å²) in [5.41, 5.74) is 5.99. The molecule has 2 heteroatoms. The number of amidine groups is 1. The van der Waals surface area contributed by atoms with E-state index in [1.54, 1.807) is 0 Å². The van der Waals surface area contributed by atoms with E-state index in [1.165, 1.54) is 32.1 Å². The first-order chi connectivity index (χ1) is 6.63. The topological polar surface area (TPSA) is 38.4 Å². The van der Waals surface area contributed by atoms with E-state index in [0.29, 0.717) is 12.0 Å². The molecule has 1 fully saturated rings. The molecule has 0 aliphatic heterocycles. The highest BCUT2D eigenvalue weighted by molar-refractivity contribution is 5.83. The molecule has 0 aromatic carbocycles. The molecule has 0 spiro atoms. The van der Waals surface area contributed by atoms with E-state index in [2.05, 4.69) is 25.8 Å². The van der Waals surface area contributed by atoms with Crippen molar-refractivity contribution in [3.8, 4) is 0 Å². The summed E-state index contributed by atoms with van der Waals surface area (Å²) in [5.74, 6) is 2.41. The second-order valence-corrected chi connectivity index (χ2v) is 4.77. The Hall–Kier alpha value is -0.530. The van der Waals surface area contributed by atoms with Crippen molar-refractivity contribution in [2.75, 3.05) is 0 Å². The summed E-state index contributed by atoms with van der Waals surface area (Å²) in [5, 5.41) is 0. The van der Waals surface area contributed by atoms with Crippen LogP contribution in [0.1, 0.15) is 52.9 Å². The first kappa shape index (κ1) is 11.5. The molecule has 2 N–H and O–H groups in total. The molecular formula is C12H24N2. The Bertz CT molecular complexity index is 188. The van der Waals surface area contributed by atoms with E-state index in [-0.39, 0.29) is 0 Å². The maximum Gasteiger partial charge on any atom is 0.0971 e. The number of nitrogens with two attached hydrogens (primary N) is 1. The van der Waals surface area contributed by atoms with Crippen LogP contribution in [0.2, 0.25) is 0 Å². The Labute approximate surface area is 88.0 Å². The van der Waals surface area contributed by atoms with Gasteiger partial charge in [0, 0.05) is 12.0 Å². The van der Waals surface area contributed by atoms with Gasteiger partial charge in [-0.05, 0) is 45.4 Å². The summed E-state index contributed by atoms with van der Waals surface area (Å²) in [4.78, 5) is 4.45. The summed E-state index contributed by atoms with van der Waals surface area (Å²) in [7, 11) is 0. The Morgan fingerprint density at radius 3 is 2.29 bits per heavy atom. The lowest BCUT2D eigenvalue weighted by atomic mass is 9.80. The molecule has 2 nitrogen and oxygen atoms in total. The molecule has 0 unspecified atom stereocenters. The molecule has 1 aliphatic carbocycles. The molecular weight excluding hydrogens is 172 g/mol. The number of rotatable bonds is 3. The third-order valence-corrected chi connectivity index (χ3v) is 3.25. The number of aliphatic imine (C=N–C) groups is 1. The van der Waals surface area contributed by atoms with Crippen LogP contribution in [0.3, 0.4) is 0 Å². The first-order valence-corrected chi connectivity index (χ1v) is 5.96. The quantitative estimate of drug-likeness (QED) is 0.547.